The number of nitrogens with zero attached hydrogens (tertiary/aromatic N) is 1. The molecule has 0 aromatic heterocycles. The highest BCUT2D eigenvalue weighted by Gasteiger charge is 2.27. The molecule has 0 bridgehead atoms. The van der Waals surface area contributed by atoms with Crippen molar-refractivity contribution in [3.05, 3.63) is 0 Å². The molecule has 88 valence electrons. The van der Waals surface area contributed by atoms with Crippen LogP contribution in [0.2, 0.25) is 0 Å². The lowest BCUT2D eigenvalue weighted by molar-refractivity contribution is 0.0700. The van der Waals surface area contributed by atoms with Gasteiger partial charge in [0.15, 0.2) is 0 Å². The van der Waals surface area contributed by atoms with Crippen molar-refractivity contribution in [1.82, 2.24) is 10.2 Å². The Kier molecular flexibility index (Phi) is 4.42. The van der Waals surface area contributed by atoms with Gasteiger partial charge in [0.2, 0.25) is 0 Å². The van der Waals surface area contributed by atoms with Gasteiger partial charge in [-0.3, -0.25) is 4.90 Å². The van der Waals surface area contributed by atoms with Gasteiger partial charge >= 0.3 is 0 Å². The Balaban J connectivity index is 1.95. The van der Waals surface area contributed by atoms with Crippen LogP contribution >= 0.6 is 0 Å². The zero-order valence-electron chi connectivity index (χ0n) is 9.62. The molecule has 2 saturated heterocycles. The molecule has 0 amide bonds. The van der Waals surface area contributed by atoms with Gasteiger partial charge < -0.3 is 10.4 Å². The minimum absolute atomic E-state index is 0.351. The molecule has 1 atom stereocenters. The molecule has 0 aliphatic carbocycles. The lowest BCUT2D eigenvalue weighted by Crippen LogP contribution is -2.49. The smallest absolute Gasteiger partial charge is 0.0586 e. The van der Waals surface area contributed by atoms with E-state index < -0.39 is 0 Å². The number of hydrogen-bond donors (Lipinski definition) is 2. The van der Waals surface area contributed by atoms with Gasteiger partial charge in [0.05, 0.1) is 6.61 Å². The van der Waals surface area contributed by atoms with Gasteiger partial charge in [-0.1, -0.05) is 12.8 Å². The van der Waals surface area contributed by atoms with Crippen LogP contribution in [-0.2, 0) is 0 Å². The van der Waals surface area contributed by atoms with Crippen LogP contribution < -0.4 is 5.32 Å². The number of piperidine rings is 1. The van der Waals surface area contributed by atoms with Crippen molar-refractivity contribution in [3.63, 3.8) is 0 Å². The zero-order valence-corrected chi connectivity index (χ0v) is 9.62. The minimum atomic E-state index is 0.351. The van der Waals surface area contributed by atoms with Crippen molar-refractivity contribution in [2.75, 3.05) is 26.2 Å². The van der Waals surface area contributed by atoms with Crippen molar-refractivity contribution in [2.45, 2.75) is 50.6 Å². The molecular formula is C12H24N2O. The molecule has 3 heteroatoms. The first-order valence-corrected chi connectivity index (χ1v) is 6.49. The summed E-state index contributed by atoms with van der Waals surface area (Å²) < 4.78 is 0. The van der Waals surface area contributed by atoms with Crippen LogP contribution in [0.15, 0.2) is 0 Å². The summed E-state index contributed by atoms with van der Waals surface area (Å²) >= 11 is 0. The van der Waals surface area contributed by atoms with Gasteiger partial charge in [-0.15, -0.1) is 0 Å². The molecule has 2 rings (SSSR count). The number of nitrogens with one attached hydrogen (secondary N) is 1. The predicted molar refractivity (Wildman–Crippen MR) is 61.9 cm³/mol. The van der Waals surface area contributed by atoms with Crippen LogP contribution in [0.4, 0.5) is 0 Å². The largest absolute Gasteiger partial charge is 0.395 e. The standard InChI is InChI=1S/C12H24N2O/c15-10-12-4-2-1-3-9-14(12)11-5-7-13-8-6-11/h11-13,15H,1-10H2. The number of rotatable bonds is 2. The molecule has 0 saturated carbocycles. The summed E-state index contributed by atoms with van der Waals surface area (Å²) in [6.07, 6.45) is 7.68. The lowest BCUT2D eigenvalue weighted by Gasteiger charge is -2.38. The van der Waals surface area contributed by atoms with E-state index in [-0.39, 0.29) is 0 Å². The van der Waals surface area contributed by atoms with E-state index in [2.05, 4.69) is 10.2 Å². The van der Waals surface area contributed by atoms with E-state index in [1.165, 1.54) is 45.1 Å². The Morgan fingerprint density at radius 3 is 2.60 bits per heavy atom. The Bertz CT molecular complexity index is 180. The Morgan fingerprint density at radius 1 is 1.07 bits per heavy atom. The van der Waals surface area contributed by atoms with Crippen molar-refractivity contribution >= 4 is 0 Å². The van der Waals surface area contributed by atoms with Gasteiger partial charge in [-0.25, -0.2) is 0 Å². The summed E-state index contributed by atoms with van der Waals surface area (Å²) in [6, 6.07) is 1.16. The fraction of sp³-hybridized carbons (Fsp3) is 1.00. The first kappa shape index (κ1) is 11.4. The summed E-state index contributed by atoms with van der Waals surface area (Å²) in [7, 11) is 0. The van der Waals surface area contributed by atoms with Crippen molar-refractivity contribution < 1.29 is 5.11 Å². The third-order valence-corrected chi connectivity index (χ3v) is 3.91. The summed E-state index contributed by atoms with van der Waals surface area (Å²) in [4.78, 5) is 2.59. The first-order chi connectivity index (χ1) is 7.42. The van der Waals surface area contributed by atoms with E-state index in [9.17, 15) is 5.11 Å². The highest BCUT2D eigenvalue weighted by Crippen LogP contribution is 2.22. The van der Waals surface area contributed by atoms with Crippen LogP contribution in [0.25, 0.3) is 0 Å². The first-order valence-electron chi connectivity index (χ1n) is 6.49. The Hall–Kier alpha value is -0.120. The van der Waals surface area contributed by atoms with E-state index in [1.807, 2.05) is 0 Å². The zero-order chi connectivity index (χ0) is 10.5. The molecule has 0 spiro atoms. The summed E-state index contributed by atoms with van der Waals surface area (Å²) in [5.74, 6) is 0. The van der Waals surface area contributed by atoms with Gasteiger partial charge in [-0.05, 0) is 45.3 Å². The maximum atomic E-state index is 9.46. The van der Waals surface area contributed by atoms with E-state index in [4.69, 9.17) is 0 Å². The number of likely N-dealkylation sites (tertiary alicyclic amines) is 1. The Morgan fingerprint density at radius 2 is 1.87 bits per heavy atom. The summed E-state index contributed by atoms with van der Waals surface area (Å²) in [5, 5.41) is 12.9. The average Bonchev–Trinajstić information content (AvgIpc) is 2.55. The topological polar surface area (TPSA) is 35.5 Å². The highest BCUT2D eigenvalue weighted by atomic mass is 16.3. The van der Waals surface area contributed by atoms with Crippen molar-refractivity contribution in [3.8, 4) is 0 Å². The van der Waals surface area contributed by atoms with Crippen molar-refractivity contribution in [2.24, 2.45) is 0 Å². The summed E-state index contributed by atoms with van der Waals surface area (Å²) in [5.41, 5.74) is 0. The van der Waals surface area contributed by atoms with Gasteiger partial charge in [0.1, 0.15) is 0 Å². The average molecular weight is 212 g/mol. The fourth-order valence-corrected chi connectivity index (χ4v) is 3.01. The maximum Gasteiger partial charge on any atom is 0.0586 e. The monoisotopic (exact) mass is 212 g/mol. The van der Waals surface area contributed by atoms with Gasteiger partial charge in [0, 0.05) is 12.1 Å². The molecule has 2 heterocycles. The normalized spacial score (nSPS) is 31.4. The van der Waals surface area contributed by atoms with E-state index in [0.717, 1.165) is 19.1 Å². The Labute approximate surface area is 92.8 Å². The minimum Gasteiger partial charge on any atom is -0.395 e. The molecule has 0 aromatic carbocycles. The molecule has 3 nitrogen and oxygen atoms in total. The van der Waals surface area contributed by atoms with Crippen LogP contribution in [-0.4, -0.2) is 48.3 Å². The molecule has 1 unspecified atom stereocenters. The second-order valence-corrected chi connectivity index (χ2v) is 4.90. The van der Waals surface area contributed by atoms with Crippen LogP contribution in [0.1, 0.15) is 38.5 Å². The van der Waals surface area contributed by atoms with E-state index in [1.54, 1.807) is 0 Å². The van der Waals surface area contributed by atoms with Gasteiger partial charge in [-0.2, -0.15) is 0 Å². The third kappa shape index (κ3) is 2.92. The molecule has 0 aromatic rings. The second kappa shape index (κ2) is 5.83. The molecule has 2 aliphatic rings. The maximum absolute atomic E-state index is 9.46. The van der Waals surface area contributed by atoms with Crippen LogP contribution in [0.5, 0.6) is 0 Å². The predicted octanol–water partition coefficient (Wildman–Crippen LogP) is 0.975. The van der Waals surface area contributed by atoms with Gasteiger partial charge in [0.25, 0.3) is 0 Å². The molecule has 2 aliphatic heterocycles. The SMILES string of the molecule is OCC1CCCCCN1C1CCNCC1. The number of hydrogen-bond acceptors (Lipinski definition) is 3. The van der Waals surface area contributed by atoms with Crippen molar-refractivity contribution in [1.29, 1.82) is 0 Å². The van der Waals surface area contributed by atoms with Crippen LogP contribution in [0.3, 0.4) is 0 Å². The molecular weight excluding hydrogens is 188 g/mol. The van der Waals surface area contributed by atoms with E-state index in [0.29, 0.717) is 12.6 Å². The number of aliphatic hydroxyl groups excluding tert-OH is 1. The third-order valence-electron chi connectivity index (χ3n) is 3.91. The highest BCUT2D eigenvalue weighted by molar-refractivity contribution is 4.84. The number of aliphatic hydroxyl groups is 1. The molecule has 0 radical (unpaired) electrons. The van der Waals surface area contributed by atoms with Crippen LogP contribution in [0, 0.1) is 0 Å². The fourth-order valence-electron chi connectivity index (χ4n) is 3.01. The van der Waals surface area contributed by atoms with E-state index >= 15 is 0 Å². The molecule has 2 N–H and O–H groups in total. The lowest BCUT2D eigenvalue weighted by atomic mass is 10.0. The second-order valence-electron chi connectivity index (χ2n) is 4.90. The quantitative estimate of drug-likeness (QED) is 0.716. The summed E-state index contributed by atoms with van der Waals surface area (Å²) in [6.45, 7) is 3.86. The molecule has 15 heavy (non-hydrogen) atoms. The molecule has 2 fully saturated rings.